The third-order valence-corrected chi connectivity index (χ3v) is 6.50. The van der Waals surface area contributed by atoms with Crippen LogP contribution in [0.4, 0.5) is 5.69 Å². The first-order valence-corrected chi connectivity index (χ1v) is 11.0. The molecule has 0 saturated carbocycles. The molecule has 1 N–H and O–H groups in total. The van der Waals surface area contributed by atoms with Gasteiger partial charge in [0, 0.05) is 42.9 Å². The summed E-state index contributed by atoms with van der Waals surface area (Å²) < 4.78 is 0. The highest BCUT2D eigenvalue weighted by Gasteiger charge is 2.38. The van der Waals surface area contributed by atoms with Gasteiger partial charge in [0.05, 0.1) is 0 Å². The van der Waals surface area contributed by atoms with E-state index in [0.717, 1.165) is 38.2 Å². The average Bonchev–Trinajstić information content (AvgIpc) is 3.13. The maximum Gasteiger partial charge on any atom is 0.239 e. The minimum absolute atomic E-state index is 0.119. The Hall–Kier alpha value is -2.37. The van der Waals surface area contributed by atoms with Crippen molar-refractivity contribution in [2.75, 3.05) is 24.5 Å². The van der Waals surface area contributed by atoms with Gasteiger partial charge >= 0.3 is 0 Å². The fourth-order valence-electron chi connectivity index (χ4n) is 4.37. The lowest BCUT2D eigenvalue weighted by atomic mass is 10.0. The molecule has 2 aromatic rings. The van der Waals surface area contributed by atoms with Crippen LogP contribution >= 0.6 is 11.6 Å². The zero-order valence-corrected chi connectivity index (χ0v) is 18.1. The topological polar surface area (TPSA) is 52.7 Å². The van der Waals surface area contributed by atoms with Crippen molar-refractivity contribution in [3.8, 4) is 0 Å². The number of carbonyl (C=O) groups is 2. The molecule has 0 radical (unpaired) electrons. The Balaban J connectivity index is 1.27. The maximum absolute atomic E-state index is 12.8. The number of piperidine rings is 1. The molecule has 0 bridgehead atoms. The molecule has 2 aliphatic heterocycles. The summed E-state index contributed by atoms with van der Waals surface area (Å²) in [6, 6.07) is 15.8. The molecule has 0 spiro atoms. The van der Waals surface area contributed by atoms with Crippen molar-refractivity contribution in [2.24, 2.45) is 5.92 Å². The van der Waals surface area contributed by atoms with E-state index in [0.29, 0.717) is 18.0 Å². The van der Waals surface area contributed by atoms with E-state index in [9.17, 15) is 9.59 Å². The number of likely N-dealkylation sites (tertiary alicyclic amines) is 1. The Bertz CT molecular complexity index is 907. The van der Waals surface area contributed by atoms with Crippen LogP contribution in [0.25, 0.3) is 0 Å². The third-order valence-electron chi connectivity index (χ3n) is 6.25. The molecule has 30 heavy (non-hydrogen) atoms. The normalized spacial score (nSPS) is 20.5. The number of nitrogens with zero attached hydrogens (tertiary/aromatic N) is 2. The van der Waals surface area contributed by atoms with E-state index in [1.165, 1.54) is 11.1 Å². The molecule has 2 aromatic carbocycles. The van der Waals surface area contributed by atoms with Crippen molar-refractivity contribution in [1.82, 2.24) is 10.2 Å². The summed E-state index contributed by atoms with van der Waals surface area (Å²) in [5.74, 6) is -0.841. The lowest BCUT2D eigenvalue weighted by Crippen LogP contribution is -2.47. The van der Waals surface area contributed by atoms with Crippen LogP contribution in [0.15, 0.2) is 48.5 Å². The Kier molecular flexibility index (Phi) is 6.40. The summed E-state index contributed by atoms with van der Waals surface area (Å²) in [6.07, 6.45) is 2.39. The fourth-order valence-corrected chi connectivity index (χ4v) is 4.49. The molecule has 6 heteroatoms. The van der Waals surface area contributed by atoms with Crippen LogP contribution in [-0.4, -0.2) is 42.4 Å². The van der Waals surface area contributed by atoms with Gasteiger partial charge in [-0.15, -0.1) is 0 Å². The Morgan fingerprint density at radius 2 is 1.73 bits per heavy atom. The molecule has 1 unspecified atom stereocenters. The van der Waals surface area contributed by atoms with Crippen LogP contribution in [0, 0.1) is 12.8 Å². The number of hydrogen-bond acceptors (Lipinski definition) is 3. The van der Waals surface area contributed by atoms with E-state index in [4.69, 9.17) is 11.6 Å². The van der Waals surface area contributed by atoms with Crippen LogP contribution in [0.5, 0.6) is 0 Å². The van der Waals surface area contributed by atoms with E-state index in [2.05, 4.69) is 41.4 Å². The number of benzene rings is 2. The summed E-state index contributed by atoms with van der Waals surface area (Å²) in [6.45, 7) is 5.57. The number of carbonyl (C=O) groups excluding carboxylic acids is 2. The van der Waals surface area contributed by atoms with Crippen molar-refractivity contribution in [2.45, 2.75) is 38.8 Å². The number of halogens is 1. The smallest absolute Gasteiger partial charge is 0.239 e. The minimum Gasteiger partial charge on any atom is -0.353 e. The van der Waals surface area contributed by atoms with Gasteiger partial charge in [-0.2, -0.15) is 0 Å². The highest BCUT2D eigenvalue weighted by molar-refractivity contribution is 6.30. The molecular formula is C24H28ClN3O2. The summed E-state index contributed by atoms with van der Waals surface area (Å²) >= 11 is 5.93. The first-order chi connectivity index (χ1) is 14.5. The Morgan fingerprint density at radius 3 is 2.43 bits per heavy atom. The van der Waals surface area contributed by atoms with Crippen molar-refractivity contribution in [3.05, 3.63) is 64.7 Å². The van der Waals surface area contributed by atoms with Gasteiger partial charge in [0.2, 0.25) is 11.8 Å². The van der Waals surface area contributed by atoms with E-state index in [1.807, 2.05) is 12.1 Å². The molecule has 158 valence electrons. The quantitative estimate of drug-likeness (QED) is 0.741. The molecular weight excluding hydrogens is 398 g/mol. The molecule has 2 amide bonds. The van der Waals surface area contributed by atoms with Crippen molar-refractivity contribution < 1.29 is 9.59 Å². The summed E-state index contributed by atoms with van der Waals surface area (Å²) in [5.41, 5.74) is 3.47. The molecule has 1 atom stereocenters. The van der Waals surface area contributed by atoms with Gasteiger partial charge in [-0.3, -0.25) is 14.5 Å². The molecule has 5 nitrogen and oxygen atoms in total. The van der Waals surface area contributed by atoms with Crippen LogP contribution in [0.2, 0.25) is 5.02 Å². The first-order valence-electron chi connectivity index (χ1n) is 10.7. The van der Waals surface area contributed by atoms with E-state index < -0.39 is 5.92 Å². The summed E-state index contributed by atoms with van der Waals surface area (Å²) in [5, 5.41) is 3.77. The van der Waals surface area contributed by atoms with Gasteiger partial charge in [0.25, 0.3) is 0 Å². The standard InChI is InChI=1S/C24H28ClN3O2/c1-17-4-2-3-5-18(17)16-27-13-10-20(11-14-27)26-23(29)22-12-15-28(24(22)30)21-8-6-19(25)7-9-21/h2-9,20,22H,10-16H2,1H3,(H,26,29). The molecule has 0 aliphatic carbocycles. The predicted molar refractivity (Wildman–Crippen MR) is 120 cm³/mol. The van der Waals surface area contributed by atoms with Crippen LogP contribution in [-0.2, 0) is 16.1 Å². The van der Waals surface area contributed by atoms with Gasteiger partial charge in [0.1, 0.15) is 5.92 Å². The second-order valence-electron chi connectivity index (χ2n) is 8.29. The van der Waals surface area contributed by atoms with E-state index >= 15 is 0 Å². The Labute approximate surface area is 183 Å². The SMILES string of the molecule is Cc1ccccc1CN1CCC(NC(=O)C2CCN(c3ccc(Cl)cc3)C2=O)CC1. The van der Waals surface area contributed by atoms with Gasteiger partial charge in [-0.05, 0) is 61.6 Å². The minimum atomic E-state index is -0.592. The lowest BCUT2D eigenvalue weighted by Gasteiger charge is -2.33. The third kappa shape index (κ3) is 4.68. The van der Waals surface area contributed by atoms with Gasteiger partial charge in [0.15, 0.2) is 0 Å². The molecule has 2 fully saturated rings. The molecule has 2 heterocycles. The van der Waals surface area contributed by atoms with Crippen molar-refractivity contribution >= 4 is 29.1 Å². The molecule has 0 aromatic heterocycles. The number of rotatable bonds is 5. The van der Waals surface area contributed by atoms with E-state index in [1.54, 1.807) is 17.0 Å². The number of aryl methyl sites for hydroxylation is 1. The number of anilines is 1. The molecule has 2 aliphatic rings. The monoisotopic (exact) mass is 425 g/mol. The highest BCUT2D eigenvalue weighted by atomic mass is 35.5. The average molecular weight is 426 g/mol. The van der Waals surface area contributed by atoms with Gasteiger partial charge in [-0.25, -0.2) is 0 Å². The molecule has 4 rings (SSSR count). The summed E-state index contributed by atoms with van der Waals surface area (Å²) in [7, 11) is 0. The maximum atomic E-state index is 12.8. The number of hydrogen-bond donors (Lipinski definition) is 1. The number of amides is 2. The van der Waals surface area contributed by atoms with Gasteiger partial charge in [-0.1, -0.05) is 35.9 Å². The summed E-state index contributed by atoms with van der Waals surface area (Å²) in [4.78, 5) is 29.7. The molecule has 2 saturated heterocycles. The predicted octanol–water partition coefficient (Wildman–Crippen LogP) is 3.78. The highest BCUT2D eigenvalue weighted by Crippen LogP contribution is 2.27. The van der Waals surface area contributed by atoms with E-state index in [-0.39, 0.29) is 17.9 Å². The van der Waals surface area contributed by atoms with Gasteiger partial charge < -0.3 is 10.2 Å². The van der Waals surface area contributed by atoms with Crippen molar-refractivity contribution in [3.63, 3.8) is 0 Å². The van der Waals surface area contributed by atoms with Crippen molar-refractivity contribution in [1.29, 1.82) is 0 Å². The fraction of sp³-hybridized carbons (Fsp3) is 0.417. The second-order valence-corrected chi connectivity index (χ2v) is 8.73. The lowest BCUT2D eigenvalue weighted by molar-refractivity contribution is -0.132. The van der Waals surface area contributed by atoms with Crippen LogP contribution in [0.3, 0.4) is 0 Å². The first kappa shape index (κ1) is 20.9. The van der Waals surface area contributed by atoms with Crippen LogP contribution < -0.4 is 10.2 Å². The Morgan fingerprint density at radius 1 is 1.03 bits per heavy atom. The van der Waals surface area contributed by atoms with Crippen LogP contribution in [0.1, 0.15) is 30.4 Å². The zero-order valence-electron chi connectivity index (χ0n) is 17.3. The largest absolute Gasteiger partial charge is 0.353 e. The second kappa shape index (κ2) is 9.19. The number of nitrogens with one attached hydrogen (secondary N) is 1. The zero-order chi connectivity index (χ0) is 21.1.